The Bertz CT molecular complexity index is 826. The van der Waals surface area contributed by atoms with Gasteiger partial charge in [0.1, 0.15) is 4.90 Å². The molecule has 5 nitrogen and oxygen atoms in total. The molecule has 0 bridgehead atoms. The van der Waals surface area contributed by atoms with Crippen molar-refractivity contribution >= 4 is 27.5 Å². The molecule has 0 aromatic heterocycles. The maximum absolute atomic E-state index is 12.3. The van der Waals surface area contributed by atoms with Crippen LogP contribution in [-0.2, 0) is 21.2 Å². The van der Waals surface area contributed by atoms with Gasteiger partial charge in [0.25, 0.3) is 0 Å². The molecule has 0 atom stereocenters. The van der Waals surface area contributed by atoms with Gasteiger partial charge in [0.05, 0.1) is 5.02 Å². The minimum Gasteiger partial charge on any atom is -0.342 e. The summed E-state index contributed by atoms with van der Waals surface area (Å²) in [6, 6.07) is 16.3. The van der Waals surface area contributed by atoms with Crippen molar-refractivity contribution in [3.8, 4) is 0 Å². The van der Waals surface area contributed by atoms with E-state index in [-0.39, 0.29) is 22.4 Å². The summed E-state index contributed by atoms with van der Waals surface area (Å²) in [5.74, 6) is -0.0741. The zero-order valence-electron chi connectivity index (χ0n) is 14.7. The van der Waals surface area contributed by atoms with Crippen LogP contribution in [0.4, 0.5) is 0 Å². The van der Waals surface area contributed by atoms with Crippen molar-refractivity contribution in [1.82, 2.24) is 9.62 Å². The number of amides is 1. The van der Waals surface area contributed by atoms with Crippen molar-refractivity contribution in [2.24, 2.45) is 0 Å². The topological polar surface area (TPSA) is 66.5 Å². The van der Waals surface area contributed by atoms with Gasteiger partial charge >= 0.3 is 0 Å². The van der Waals surface area contributed by atoms with Gasteiger partial charge in [-0.25, -0.2) is 13.1 Å². The molecule has 0 aliphatic heterocycles. The fourth-order valence-corrected chi connectivity index (χ4v) is 4.14. The molecular formula is C19H23ClN2O3S. The van der Waals surface area contributed by atoms with Gasteiger partial charge in [-0.05, 0) is 30.5 Å². The third-order valence-corrected chi connectivity index (χ3v) is 5.94. The van der Waals surface area contributed by atoms with E-state index in [0.29, 0.717) is 13.1 Å². The van der Waals surface area contributed by atoms with Gasteiger partial charge in [0.15, 0.2) is 0 Å². The molecule has 0 aliphatic carbocycles. The first-order valence-corrected chi connectivity index (χ1v) is 10.3. The second kappa shape index (κ2) is 9.71. The average molecular weight is 395 g/mol. The Morgan fingerprint density at radius 2 is 1.69 bits per heavy atom. The minimum absolute atomic E-state index is 0.0418. The molecule has 7 heteroatoms. The largest absolute Gasteiger partial charge is 0.342 e. The van der Waals surface area contributed by atoms with Crippen LogP contribution >= 0.6 is 11.6 Å². The van der Waals surface area contributed by atoms with Crippen LogP contribution in [0.3, 0.4) is 0 Å². The number of hydrogen-bond acceptors (Lipinski definition) is 3. The number of carbonyl (C=O) groups excluding carboxylic acids is 1. The molecule has 0 spiro atoms. The Morgan fingerprint density at radius 3 is 2.35 bits per heavy atom. The lowest BCUT2D eigenvalue weighted by Crippen LogP contribution is -2.38. The van der Waals surface area contributed by atoms with E-state index in [0.717, 1.165) is 12.8 Å². The first kappa shape index (κ1) is 20.4. The van der Waals surface area contributed by atoms with Gasteiger partial charge in [-0.2, -0.15) is 0 Å². The highest BCUT2D eigenvalue weighted by atomic mass is 35.5. The minimum atomic E-state index is -3.70. The second-order valence-corrected chi connectivity index (χ2v) is 8.07. The Kier molecular flexibility index (Phi) is 7.63. The van der Waals surface area contributed by atoms with Crippen molar-refractivity contribution < 1.29 is 13.2 Å². The Morgan fingerprint density at radius 1 is 1.04 bits per heavy atom. The summed E-state index contributed by atoms with van der Waals surface area (Å²) in [6.45, 7) is 2.52. The first-order valence-electron chi connectivity index (χ1n) is 8.44. The highest BCUT2D eigenvalue weighted by molar-refractivity contribution is 7.89. The molecule has 26 heavy (non-hydrogen) atoms. The van der Waals surface area contributed by atoms with E-state index in [4.69, 9.17) is 11.6 Å². The molecule has 0 radical (unpaired) electrons. The lowest BCUT2D eigenvalue weighted by Gasteiger charge is -2.21. The normalized spacial score (nSPS) is 11.3. The van der Waals surface area contributed by atoms with Crippen molar-refractivity contribution in [2.75, 3.05) is 19.6 Å². The van der Waals surface area contributed by atoms with Crippen molar-refractivity contribution in [1.29, 1.82) is 0 Å². The van der Waals surface area contributed by atoms with Gasteiger partial charge in [0.2, 0.25) is 15.9 Å². The highest BCUT2D eigenvalue weighted by Gasteiger charge is 2.17. The molecule has 1 N–H and O–H groups in total. The number of halogens is 1. The molecule has 0 saturated carbocycles. The van der Waals surface area contributed by atoms with Crippen LogP contribution in [0.5, 0.6) is 0 Å². The molecule has 2 aromatic rings. The van der Waals surface area contributed by atoms with Crippen LogP contribution in [-0.4, -0.2) is 38.9 Å². The predicted molar refractivity (Wildman–Crippen MR) is 104 cm³/mol. The van der Waals surface area contributed by atoms with Crippen molar-refractivity contribution in [3.05, 3.63) is 65.2 Å². The number of rotatable bonds is 9. The predicted octanol–water partition coefficient (Wildman–Crippen LogP) is 3.10. The highest BCUT2D eigenvalue weighted by Crippen LogP contribution is 2.19. The molecule has 0 saturated heterocycles. The van der Waals surface area contributed by atoms with E-state index in [1.54, 1.807) is 17.0 Å². The zero-order chi connectivity index (χ0) is 19.0. The molecule has 0 fully saturated rings. The molecule has 2 aromatic carbocycles. The van der Waals surface area contributed by atoms with Crippen LogP contribution in [0.2, 0.25) is 5.02 Å². The first-order chi connectivity index (χ1) is 12.4. The number of carbonyl (C=O) groups is 1. The fourth-order valence-electron chi connectivity index (χ4n) is 2.60. The van der Waals surface area contributed by atoms with Crippen LogP contribution < -0.4 is 4.72 Å². The number of nitrogens with zero attached hydrogens (tertiary/aromatic N) is 1. The third kappa shape index (κ3) is 6.12. The Labute approximate surface area is 160 Å². The number of aryl methyl sites for hydroxylation is 1. The third-order valence-electron chi connectivity index (χ3n) is 3.98. The van der Waals surface area contributed by atoms with Crippen LogP contribution in [0.1, 0.15) is 18.9 Å². The summed E-state index contributed by atoms with van der Waals surface area (Å²) < 4.78 is 27.1. The maximum atomic E-state index is 12.3. The molecule has 1 amide bonds. The summed E-state index contributed by atoms with van der Waals surface area (Å²) in [5.41, 5.74) is 1.22. The van der Waals surface area contributed by atoms with Gasteiger partial charge in [-0.15, -0.1) is 0 Å². The van der Waals surface area contributed by atoms with E-state index >= 15 is 0 Å². The summed E-state index contributed by atoms with van der Waals surface area (Å²) in [5, 5.41) is 0.172. The van der Waals surface area contributed by atoms with Crippen LogP contribution in [0.25, 0.3) is 0 Å². The Hall–Kier alpha value is -1.89. The monoisotopic (exact) mass is 394 g/mol. The van der Waals surface area contributed by atoms with Gasteiger partial charge in [-0.3, -0.25) is 4.79 Å². The summed E-state index contributed by atoms with van der Waals surface area (Å²) in [4.78, 5) is 13.5. The van der Waals surface area contributed by atoms with Crippen molar-refractivity contribution in [2.45, 2.75) is 24.7 Å². The standard InChI is InChI=1S/C19H23ClN2O3S/c1-16(23)22(14-7-10-17-8-3-2-4-9-17)15-13-21-26(24,25)19-12-6-5-11-18(19)20/h2-6,8-9,11-12,21H,7,10,13-15H2,1H3. The summed E-state index contributed by atoms with van der Waals surface area (Å²) in [6.07, 6.45) is 1.69. The fraction of sp³-hybridized carbons (Fsp3) is 0.316. The van der Waals surface area contributed by atoms with E-state index in [1.165, 1.54) is 24.6 Å². The second-order valence-electron chi connectivity index (χ2n) is 5.92. The number of hydrogen-bond donors (Lipinski definition) is 1. The summed E-state index contributed by atoms with van der Waals surface area (Å²) in [7, 11) is -3.70. The van der Waals surface area contributed by atoms with E-state index in [9.17, 15) is 13.2 Å². The van der Waals surface area contributed by atoms with Crippen LogP contribution in [0, 0.1) is 0 Å². The molecule has 0 heterocycles. The summed E-state index contributed by atoms with van der Waals surface area (Å²) >= 11 is 5.94. The smallest absolute Gasteiger partial charge is 0.242 e. The molecule has 0 aliphatic rings. The SMILES string of the molecule is CC(=O)N(CCCc1ccccc1)CCNS(=O)(=O)c1ccccc1Cl. The van der Waals surface area contributed by atoms with Crippen LogP contribution in [0.15, 0.2) is 59.5 Å². The Balaban J connectivity index is 1.84. The lowest BCUT2D eigenvalue weighted by atomic mass is 10.1. The van der Waals surface area contributed by atoms with Gasteiger partial charge in [0, 0.05) is 26.6 Å². The molecule has 0 unspecified atom stereocenters. The molecule has 140 valence electrons. The number of benzene rings is 2. The van der Waals surface area contributed by atoms with Crippen molar-refractivity contribution in [3.63, 3.8) is 0 Å². The van der Waals surface area contributed by atoms with E-state index < -0.39 is 10.0 Å². The number of nitrogens with one attached hydrogen (secondary N) is 1. The molecule has 2 rings (SSSR count). The quantitative estimate of drug-likeness (QED) is 0.710. The van der Waals surface area contributed by atoms with Gasteiger partial charge in [-0.1, -0.05) is 54.1 Å². The zero-order valence-corrected chi connectivity index (χ0v) is 16.3. The van der Waals surface area contributed by atoms with Gasteiger partial charge < -0.3 is 4.90 Å². The van der Waals surface area contributed by atoms with E-state index in [2.05, 4.69) is 16.9 Å². The van der Waals surface area contributed by atoms with E-state index in [1.807, 2.05) is 18.2 Å². The maximum Gasteiger partial charge on any atom is 0.242 e. The average Bonchev–Trinajstić information content (AvgIpc) is 2.61. The lowest BCUT2D eigenvalue weighted by molar-refractivity contribution is -0.128. The molecular weight excluding hydrogens is 372 g/mol. The number of sulfonamides is 1.